The number of carbonyl (C=O) groups excluding carboxylic acids is 1. The molecule has 1 fully saturated rings. The molecule has 1 unspecified atom stereocenters. The van der Waals surface area contributed by atoms with Gasteiger partial charge in [-0.15, -0.1) is 6.58 Å². The van der Waals surface area contributed by atoms with Crippen molar-refractivity contribution in [2.24, 2.45) is 0 Å². The van der Waals surface area contributed by atoms with Gasteiger partial charge in [-0.1, -0.05) is 24.8 Å². The summed E-state index contributed by atoms with van der Waals surface area (Å²) in [6, 6.07) is 9.06. The van der Waals surface area contributed by atoms with Crippen molar-refractivity contribution in [3.63, 3.8) is 0 Å². The molecule has 2 aromatic carbocycles. The maximum atomic E-state index is 12.9. The van der Waals surface area contributed by atoms with Crippen LogP contribution >= 0.6 is 0 Å². The Morgan fingerprint density at radius 3 is 2.67 bits per heavy atom. The molecular formula is C25H30N2O3. The number of amides is 1. The molecule has 0 aromatic heterocycles. The minimum absolute atomic E-state index is 0.0143. The Bertz CT molecular complexity index is 996. The topological polar surface area (TPSA) is 64.0 Å². The fourth-order valence-electron chi connectivity index (χ4n) is 4.21. The van der Waals surface area contributed by atoms with Gasteiger partial charge in [0.2, 0.25) is 0 Å². The van der Waals surface area contributed by atoms with E-state index in [4.69, 9.17) is 0 Å². The second-order valence-electron chi connectivity index (χ2n) is 7.95. The van der Waals surface area contributed by atoms with Gasteiger partial charge in [-0.05, 0) is 55.5 Å². The zero-order chi connectivity index (χ0) is 22.0. The third kappa shape index (κ3) is 3.92. The van der Waals surface area contributed by atoms with Crippen LogP contribution in [0.15, 0.2) is 49.6 Å². The zero-order valence-corrected chi connectivity index (χ0v) is 18.0. The molecule has 3 rings (SSSR count). The van der Waals surface area contributed by atoms with Crippen molar-refractivity contribution in [2.75, 3.05) is 20.1 Å². The second-order valence-corrected chi connectivity index (χ2v) is 7.95. The largest absolute Gasteiger partial charge is 0.508 e. The van der Waals surface area contributed by atoms with E-state index in [0.717, 1.165) is 36.2 Å². The van der Waals surface area contributed by atoms with Gasteiger partial charge >= 0.3 is 0 Å². The molecule has 1 atom stereocenters. The van der Waals surface area contributed by atoms with E-state index in [-0.39, 0.29) is 23.4 Å². The van der Waals surface area contributed by atoms with Crippen molar-refractivity contribution in [1.29, 1.82) is 0 Å². The molecule has 30 heavy (non-hydrogen) atoms. The zero-order valence-electron chi connectivity index (χ0n) is 18.0. The van der Waals surface area contributed by atoms with E-state index in [2.05, 4.69) is 24.1 Å². The number of hydrogen-bond donors (Lipinski definition) is 2. The predicted molar refractivity (Wildman–Crippen MR) is 121 cm³/mol. The van der Waals surface area contributed by atoms with Crippen LogP contribution in [0.1, 0.15) is 51.5 Å². The highest BCUT2D eigenvalue weighted by atomic mass is 16.3. The van der Waals surface area contributed by atoms with Gasteiger partial charge in [0.15, 0.2) is 0 Å². The first-order chi connectivity index (χ1) is 14.3. The summed E-state index contributed by atoms with van der Waals surface area (Å²) in [5.41, 5.74) is 4.79. The minimum atomic E-state index is -0.0237. The molecule has 0 spiro atoms. The second kappa shape index (κ2) is 8.66. The lowest BCUT2D eigenvalue weighted by Gasteiger charge is -2.31. The molecule has 5 heteroatoms. The summed E-state index contributed by atoms with van der Waals surface area (Å²) in [6.45, 7) is 13.1. The molecular weight excluding hydrogens is 376 g/mol. The van der Waals surface area contributed by atoms with Gasteiger partial charge in [0.1, 0.15) is 11.5 Å². The molecule has 158 valence electrons. The van der Waals surface area contributed by atoms with Crippen LogP contribution in [-0.2, 0) is 0 Å². The normalized spacial score (nSPS) is 15.8. The van der Waals surface area contributed by atoms with Crippen LogP contribution in [0, 0.1) is 13.8 Å². The Labute approximate surface area is 178 Å². The van der Waals surface area contributed by atoms with Crippen LogP contribution in [0.3, 0.4) is 0 Å². The maximum Gasteiger partial charge on any atom is 0.254 e. The van der Waals surface area contributed by atoms with Crippen LogP contribution in [0.5, 0.6) is 11.5 Å². The number of rotatable bonds is 6. The fraction of sp³-hybridized carbons (Fsp3) is 0.320. The van der Waals surface area contributed by atoms with Crippen molar-refractivity contribution in [2.45, 2.75) is 32.7 Å². The van der Waals surface area contributed by atoms with Crippen molar-refractivity contribution >= 4 is 11.6 Å². The monoisotopic (exact) mass is 406 g/mol. The Hall–Kier alpha value is -3.21. The third-order valence-electron chi connectivity index (χ3n) is 5.94. The number of hydrogen-bond acceptors (Lipinski definition) is 4. The van der Waals surface area contributed by atoms with Crippen LogP contribution in [0.4, 0.5) is 0 Å². The predicted octanol–water partition coefficient (Wildman–Crippen LogP) is 4.78. The highest BCUT2D eigenvalue weighted by molar-refractivity contribution is 5.96. The van der Waals surface area contributed by atoms with E-state index >= 15 is 0 Å². The van der Waals surface area contributed by atoms with Crippen LogP contribution in [0.25, 0.3) is 5.70 Å². The molecule has 1 saturated heterocycles. The number of benzene rings is 2. The summed E-state index contributed by atoms with van der Waals surface area (Å²) < 4.78 is 0. The van der Waals surface area contributed by atoms with Crippen molar-refractivity contribution in [3.05, 3.63) is 77.4 Å². The molecule has 0 aliphatic carbocycles. The molecule has 0 bridgehead atoms. The van der Waals surface area contributed by atoms with Gasteiger partial charge in [-0.2, -0.15) is 0 Å². The molecule has 1 heterocycles. The lowest BCUT2D eigenvalue weighted by molar-refractivity contribution is 0.0809. The molecule has 0 radical (unpaired) electrons. The van der Waals surface area contributed by atoms with Gasteiger partial charge in [0, 0.05) is 43.0 Å². The number of aromatic hydroxyl groups is 2. The average Bonchev–Trinajstić information content (AvgIpc) is 3.19. The molecule has 1 aliphatic rings. The lowest BCUT2D eigenvalue weighted by Crippen LogP contribution is -2.28. The Morgan fingerprint density at radius 2 is 1.97 bits per heavy atom. The summed E-state index contributed by atoms with van der Waals surface area (Å²) >= 11 is 0. The Balaban J connectivity index is 1.95. The summed E-state index contributed by atoms with van der Waals surface area (Å²) in [6.07, 6.45) is 3.65. The number of likely N-dealkylation sites (N-methyl/N-ethyl adjacent to an activating group) is 1. The van der Waals surface area contributed by atoms with Crippen LogP contribution in [-0.4, -0.2) is 46.1 Å². The van der Waals surface area contributed by atoms with Gasteiger partial charge in [-0.25, -0.2) is 0 Å². The van der Waals surface area contributed by atoms with E-state index in [0.29, 0.717) is 23.2 Å². The molecule has 1 amide bonds. The molecule has 0 saturated carbocycles. The summed E-state index contributed by atoms with van der Waals surface area (Å²) in [5, 5.41) is 20.2. The van der Waals surface area contributed by atoms with Crippen molar-refractivity contribution in [1.82, 2.24) is 9.80 Å². The fourth-order valence-corrected chi connectivity index (χ4v) is 4.21. The van der Waals surface area contributed by atoms with Crippen molar-refractivity contribution in [3.8, 4) is 11.5 Å². The van der Waals surface area contributed by atoms with Crippen LogP contribution < -0.4 is 0 Å². The van der Waals surface area contributed by atoms with Crippen LogP contribution in [0.2, 0.25) is 0 Å². The Morgan fingerprint density at radius 1 is 1.23 bits per heavy atom. The van der Waals surface area contributed by atoms with E-state index in [1.807, 2.05) is 19.1 Å². The Kier molecular flexibility index (Phi) is 6.20. The van der Waals surface area contributed by atoms with Gasteiger partial charge < -0.3 is 20.0 Å². The summed E-state index contributed by atoms with van der Waals surface area (Å²) in [7, 11) is 1.77. The van der Waals surface area contributed by atoms with E-state index in [1.54, 1.807) is 31.0 Å². The minimum Gasteiger partial charge on any atom is -0.508 e. The van der Waals surface area contributed by atoms with Gasteiger partial charge in [0.05, 0.1) is 6.04 Å². The standard InChI is InChI=1S/C25H30N2O3/c1-6-12-26(5)25(30)20-10-7-9-19(17(20)3)22-11-8-13-27(22)18(4)21-14-16(2)23(28)15-24(21)29/h6-7,9-10,14-15,22,28-29H,1,4,8,11-13H2,2-3,5H3. The first kappa shape index (κ1) is 21.5. The first-order valence-corrected chi connectivity index (χ1v) is 10.2. The number of carbonyl (C=O) groups is 1. The highest BCUT2D eigenvalue weighted by Crippen LogP contribution is 2.42. The maximum absolute atomic E-state index is 12.9. The highest BCUT2D eigenvalue weighted by Gasteiger charge is 2.30. The van der Waals surface area contributed by atoms with Crippen molar-refractivity contribution < 1.29 is 15.0 Å². The van der Waals surface area contributed by atoms with E-state index in [1.165, 1.54) is 6.07 Å². The number of phenolic OH excluding ortho intramolecular Hbond substituents is 2. The molecule has 2 aromatic rings. The quantitative estimate of drug-likeness (QED) is 0.678. The first-order valence-electron chi connectivity index (χ1n) is 10.2. The average molecular weight is 407 g/mol. The van der Waals surface area contributed by atoms with Gasteiger partial charge in [0.25, 0.3) is 5.91 Å². The summed E-state index contributed by atoms with van der Waals surface area (Å²) in [4.78, 5) is 16.7. The summed E-state index contributed by atoms with van der Waals surface area (Å²) in [5.74, 6) is 0.0533. The van der Waals surface area contributed by atoms with E-state index in [9.17, 15) is 15.0 Å². The van der Waals surface area contributed by atoms with E-state index < -0.39 is 0 Å². The third-order valence-corrected chi connectivity index (χ3v) is 5.94. The smallest absolute Gasteiger partial charge is 0.254 e. The molecule has 2 N–H and O–H groups in total. The SMILES string of the molecule is C=CCN(C)C(=O)c1cccc(C2CCCN2C(=C)c2cc(C)c(O)cc2O)c1C. The number of phenols is 2. The number of likely N-dealkylation sites (tertiary alicyclic amines) is 1. The molecule has 1 aliphatic heterocycles. The lowest BCUT2D eigenvalue weighted by atomic mass is 9.94. The number of aryl methyl sites for hydroxylation is 1. The number of nitrogens with zero attached hydrogens (tertiary/aromatic N) is 2. The molecule has 5 nitrogen and oxygen atoms in total. The van der Waals surface area contributed by atoms with Gasteiger partial charge in [-0.3, -0.25) is 4.79 Å².